The maximum Gasteiger partial charge on any atom is 0.267 e. The molecule has 6 heteroatoms. The zero-order valence-corrected chi connectivity index (χ0v) is 12.9. The highest BCUT2D eigenvalue weighted by Gasteiger charge is 2.27. The minimum absolute atomic E-state index is 0. The molecule has 4 nitrogen and oxygen atoms in total. The number of methoxy groups -OCH3 is 1. The maximum atomic E-state index is 12.3. The number of nitrogens with two attached hydrogens (primary N) is 1. The van der Waals surface area contributed by atoms with Crippen molar-refractivity contribution >= 4 is 29.7 Å². The van der Waals surface area contributed by atoms with Gasteiger partial charge in [0.25, 0.3) is 5.91 Å². The zero-order valence-electron chi connectivity index (χ0n) is 11.3. The molecule has 1 saturated heterocycles. The van der Waals surface area contributed by atoms with Gasteiger partial charge in [0.2, 0.25) is 0 Å². The number of nitrogens with zero attached hydrogens (tertiary/aromatic N) is 1. The molecule has 0 bridgehead atoms. The first-order valence-corrected chi connectivity index (χ1v) is 7.17. The number of carbonyl (C=O) groups is 1. The summed E-state index contributed by atoms with van der Waals surface area (Å²) in [7, 11) is 1.60. The second-order valence-corrected chi connectivity index (χ2v) is 5.72. The Balaban J connectivity index is 0.00000180. The van der Waals surface area contributed by atoms with Crippen molar-refractivity contribution in [2.24, 2.45) is 11.7 Å². The molecular weight excluding hydrogens is 284 g/mol. The van der Waals surface area contributed by atoms with Crippen LogP contribution in [0.3, 0.4) is 0 Å². The van der Waals surface area contributed by atoms with Crippen LogP contribution in [0.4, 0.5) is 0 Å². The standard InChI is InChI=1S/C13H20N2O2S.ClH/c1-9(14)10-3-6-15(7-4-10)13(16)12-11(17-2)5-8-18-12;/h5,8-10H,3-4,6-7,14H2,1-2H3;1H. The van der Waals surface area contributed by atoms with Gasteiger partial charge in [0.15, 0.2) is 0 Å². The summed E-state index contributed by atoms with van der Waals surface area (Å²) < 4.78 is 5.20. The number of piperidine rings is 1. The van der Waals surface area contributed by atoms with Crippen LogP contribution in [-0.4, -0.2) is 37.0 Å². The van der Waals surface area contributed by atoms with Crippen LogP contribution in [0.5, 0.6) is 5.75 Å². The molecule has 1 aliphatic heterocycles. The van der Waals surface area contributed by atoms with Crippen LogP contribution >= 0.6 is 23.7 Å². The van der Waals surface area contributed by atoms with Crippen LogP contribution in [0.2, 0.25) is 0 Å². The first-order valence-electron chi connectivity index (χ1n) is 6.29. The molecule has 1 aromatic heterocycles. The van der Waals surface area contributed by atoms with Gasteiger partial charge in [-0.1, -0.05) is 0 Å². The van der Waals surface area contributed by atoms with E-state index < -0.39 is 0 Å². The summed E-state index contributed by atoms with van der Waals surface area (Å²) in [6.45, 7) is 3.64. The first-order chi connectivity index (χ1) is 8.63. The summed E-state index contributed by atoms with van der Waals surface area (Å²) in [6.07, 6.45) is 1.99. The van der Waals surface area contributed by atoms with Crippen LogP contribution in [0, 0.1) is 5.92 Å². The molecule has 1 unspecified atom stereocenters. The third-order valence-electron chi connectivity index (χ3n) is 3.61. The Labute approximate surface area is 124 Å². The van der Waals surface area contributed by atoms with Crippen LogP contribution < -0.4 is 10.5 Å². The van der Waals surface area contributed by atoms with Crippen molar-refractivity contribution in [1.82, 2.24) is 4.90 Å². The van der Waals surface area contributed by atoms with Gasteiger partial charge in [-0.15, -0.1) is 23.7 Å². The molecule has 1 aromatic rings. The minimum Gasteiger partial charge on any atom is -0.495 e. The molecule has 1 fully saturated rings. The van der Waals surface area contributed by atoms with E-state index in [1.165, 1.54) is 11.3 Å². The van der Waals surface area contributed by atoms with E-state index in [2.05, 4.69) is 0 Å². The number of halogens is 1. The summed E-state index contributed by atoms with van der Waals surface area (Å²) in [4.78, 5) is 15.0. The zero-order chi connectivity index (χ0) is 13.1. The lowest BCUT2D eigenvalue weighted by Crippen LogP contribution is -2.42. The topological polar surface area (TPSA) is 55.6 Å². The van der Waals surface area contributed by atoms with Gasteiger partial charge in [0, 0.05) is 19.1 Å². The van der Waals surface area contributed by atoms with E-state index in [0.717, 1.165) is 25.9 Å². The molecule has 2 rings (SSSR count). The molecule has 1 aliphatic rings. The Hall–Kier alpha value is -0.780. The predicted molar refractivity (Wildman–Crippen MR) is 80.4 cm³/mol. The van der Waals surface area contributed by atoms with Crippen LogP contribution in [0.15, 0.2) is 11.4 Å². The summed E-state index contributed by atoms with van der Waals surface area (Å²) >= 11 is 1.44. The smallest absolute Gasteiger partial charge is 0.267 e. The molecule has 2 N–H and O–H groups in total. The third kappa shape index (κ3) is 3.61. The fourth-order valence-corrected chi connectivity index (χ4v) is 3.21. The number of thiophene rings is 1. The monoisotopic (exact) mass is 304 g/mol. The SMILES string of the molecule is COc1ccsc1C(=O)N1CCC(C(C)N)CC1.Cl. The van der Waals surface area contributed by atoms with E-state index in [-0.39, 0.29) is 24.4 Å². The van der Waals surface area contributed by atoms with Gasteiger partial charge < -0.3 is 15.4 Å². The van der Waals surface area contributed by atoms with Gasteiger partial charge in [-0.2, -0.15) is 0 Å². The van der Waals surface area contributed by atoms with E-state index in [1.807, 2.05) is 23.3 Å². The molecular formula is C13H21ClN2O2S. The van der Waals surface area contributed by atoms with E-state index >= 15 is 0 Å². The number of hydrogen-bond acceptors (Lipinski definition) is 4. The van der Waals surface area contributed by atoms with Crippen molar-refractivity contribution in [2.75, 3.05) is 20.2 Å². The third-order valence-corrected chi connectivity index (χ3v) is 4.50. The molecule has 108 valence electrons. The number of carbonyl (C=O) groups excluding carboxylic acids is 1. The average molecular weight is 305 g/mol. The van der Waals surface area contributed by atoms with Crippen molar-refractivity contribution < 1.29 is 9.53 Å². The highest BCUT2D eigenvalue weighted by atomic mass is 35.5. The number of rotatable bonds is 3. The fraction of sp³-hybridized carbons (Fsp3) is 0.615. The second kappa shape index (κ2) is 7.12. The van der Waals surface area contributed by atoms with Gasteiger partial charge in [0.1, 0.15) is 10.6 Å². The molecule has 0 aromatic carbocycles. The minimum atomic E-state index is 0. The lowest BCUT2D eigenvalue weighted by atomic mass is 9.91. The second-order valence-electron chi connectivity index (χ2n) is 4.81. The van der Waals surface area contributed by atoms with Crippen LogP contribution in [-0.2, 0) is 0 Å². The van der Waals surface area contributed by atoms with E-state index in [9.17, 15) is 4.79 Å². The molecule has 1 atom stereocenters. The van der Waals surface area contributed by atoms with E-state index in [0.29, 0.717) is 16.5 Å². The molecule has 0 aliphatic carbocycles. The first kappa shape index (κ1) is 16.3. The van der Waals surface area contributed by atoms with Gasteiger partial charge in [-0.3, -0.25) is 4.79 Å². The fourth-order valence-electron chi connectivity index (χ4n) is 2.39. The average Bonchev–Trinajstić information content (AvgIpc) is 2.86. The molecule has 0 saturated carbocycles. The van der Waals surface area contributed by atoms with Gasteiger partial charge in [-0.05, 0) is 37.1 Å². The van der Waals surface area contributed by atoms with Gasteiger partial charge in [-0.25, -0.2) is 0 Å². The molecule has 1 amide bonds. The Morgan fingerprint density at radius 2 is 2.16 bits per heavy atom. The summed E-state index contributed by atoms with van der Waals surface area (Å²) in [5, 5.41) is 1.89. The van der Waals surface area contributed by atoms with Crippen molar-refractivity contribution in [3.8, 4) is 5.75 Å². The van der Waals surface area contributed by atoms with Crippen LogP contribution in [0.1, 0.15) is 29.4 Å². The quantitative estimate of drug-likeness (QED) is 0.933. The lowest BCUT2D eigenvalue weighted by Gasteiger charge is -2.33. The molecule has 0 spiro atoms. The summed E-state index contributed by atoms with van der Waals surface area (Å²) in [5.41, 5.74) is 5.91. The summed E-state index contributed by atoms with van der Waals surface area (Å²) in [6, 6.07) is 2.06. The van der Waals surface area contributed by atoms with Gasteiger partial charge >= 0.3 is 0 Å². The number of amides is 1. The van der Waals surface area contributed by atoms with E-state index in [4.69, 9.17) is 10.5 Å². The highest BCUT2D eigenvalue weighted by molar-refractivity contribution is 7.12. The molecule has 19 heavy (non-hydrogen) atoms. The van der Waals surface area contributed by atoms with Crippen molar-refractivity contribution in [2.45, 2.75) is 25.8 Å². The number of likely N-dealkylation sites (tertiary alicyclic amines) is 1. The highest BCUT2D eigenvalue weighted by Crippen LogP contribution is 2.28. The van der Waals surface area contributed by atoms with Gasteiger partial charge in [0.05, 0.1) is 7.11 Å². The predicted octanol–water partition coefficient (Wildman–Crippen LogP) is 2.38. The Kier molecular flexibility index (Phi) is 6.10. The number of ether oxygens (including phenoxy) is 1. The van der Waals surface area contributed by atoms with Crippen molar-refractivity contribution in [3.63, 3.8) is 0 Å². The largest absolute Gasteiger partial charge is 0.495 e. The Bertz CT molecular complexity index is 415. The summed E-state index contributed by atoms with van der Waals surface area (Å²) in [5.74, 6) is 1.31. The Morgan fingerprint density at radius 3 is 2.68 bits per heavy atom. The lowest BCUT2D eigenvalue weighted by molar-refractivity contribution is 0.0683. The molecule has 0 radical (unpaired) electrons. The number of hydrogen-bond donors (Lipinski definition) is 1. The van der Waals surface area contributed by atoms with E-state index in [1.54, 1.807) is 7.11 Å². The van der Waals surface area contributed by atoms with Crippen LogP contribution in [0.25, 0.3) is 0 Å². The maximum absolute atomic E-state index is 12.3. The van der Waals surface area contributed by atoms with Crippen molar-refractivity contribution in [1.29, 1.82) is 0 Å². The Morgan fingerprint density at radius 1 is 1.53 bits per heavy atom. The van der Waals surface area contributed by atoms with Crippen molar-refractivity contribution in [3.05, 3.63) is 16.3 Å². The normalized spacial score (nSPS) is 17.7. The molecule has 2 heterocycles.